The van der Waals surface area contributed by atoms with Gasteiger partial charge >= 0.3 is 29.7 Å². The Kier molecular flexibility index (Phi) is 17.5. The summed E-state index contributed by atoms with van der Waals surface area (Å²) in [6.45, 7) is 14.2. The van der Waals surface area contributed by atoms with Crippen molar-refractivity contribution in [2.75, 3.05) is 33.0 Å². The highest BCUT2D eigenvalue weighted by atomic mass is 28.4. The number of alkyl carbamates (subject to hydrolysis) is 1. The van der Waals surface area contributed by atoms with Crippen LogP contribution in [0.5, 0.6) is 0 Å². The molecular weight excluding hydrogens is 843 g/mol. The van der Waals surface area contributed by atoms with E-state index in [-0.39, 0.29) is 51.2 Å². The summed E-state index contributed by atoms with van der Waals surface area (Å²) < 4.78 is 53.8. The average molecular weight is 900 g/mol. The zero-order chi connectivity index (χ0) is 45.9. The van der Waals surface area contributed by atoms with E-state index in [1.54, 1.807) is 6.20 Å². The summed E-state index contributed by atoms with van der Waals surface area (Å²) in [6.07, 6.45) is -7.36. The predicted octanol–water partition coefficient (Wildman–Crippen LogP) is -0.607. The minimum atomic E-state index is -2.51. The number of carbonyl (C=O) groups is 5. The van der Waals surface area contributed by atoms with Gasteiger partial charge in [-0.25, -0.2) is 14.3 Å². The number of H-pyrrole nitrogens is 1. The minimum Gasteiger partial charge on any atom is -0.463 e. The van der Waals surface area contributed by atoms with Crippen LogP contribution >= 0.6 is 0 Å². The van der Waals surface area contributed by atoms with E-state index in [1.165, 1.54) is 24.7 Å². The maximum atomic E-state index is 12.7. The van der Waals surface area contributed by atoms with Crippen LogP contribution in [0.15, 0.2) is 28.0 Å². The van der Waals surface area contributed by atoms with Crippen molar-refractivity contribution < 1.29 is 71.4 Å². The molecule has 0 radical (unpaired) electrons. The monoisotopic (exact) mass is 899 g/mol. The number of aromatic amines is 1. The first kappa shape index (κ1) is 49.6. The first-order valence-corrected chi connectivity index (χ1v) is 22.7. The zero-order valence-electron chi connectivity index (χ0n) is 36.1. The molecule has 2 aromatic rings. The quantitative estimate of drug-likeness (QED) is 0.0592. The van der Waals surface area contributed by atoms with Gasteiger partial charge in [-0.05, 0) is 18.1 Å². The summed E-state index contributed by atoms with van der Waals surface area (Å²) in [4.78, 5) is 86.9. The van der Waals surface area contributed by atoms with Crippen LogP contribution < -0.4 is 21.9 Å². The lowest BCUT2D eigenvalue weighted by molar-refractivity contribution is -0.279. The van der Waals surface area contributed by atoms with Crippen molar-refractivity contribution in [1.82, 2.24) is 35.2 Å². The van der Waals surface area contributed by atoms with Gasteiger partial charge in [0.25, 0.3) is 5.56 Å². The van der Waals surface area contributed by atoms with E-state index < -0.39 is 105 Å². The molecule has 0 aromatic carbocycles. The largest absolute Gasteiger partial charge is 0.463 e. The second-order valence-electron chi connectivity index (χ2n) is 16.0. The van der Waals surface area contributed by atoms with Crippen LogP contribution in [0.25, 0.3) is 0 Å². The van der Waals surface area contributed by atoms with Crippen molar-refractivity contribution in [2.24, 2.45) is 0 Å². The number of aliphatic hydroxyl groups is 1. The number of carbonyl (C=O) groups excluding carboxylic acids is 5. The number of hydrogen-bond donors (Lipinski definition) is 4. The molecule has 0 saturated carbocycles. The summed E-state index contributed by atoms with van der Waals surface area (Å²) in [5.41, 5.74) is -0.966. The van der Waals surface area contributed by atoms with Crippen molar-refractivity contribution in [3.05, 3.63) is 45.0 Å². The minimum absolute atomic E-state index is 0.0345. The Bertz CT molecular complexity index is 1980. The van der Waals surface area contributed by atoms with E-state index >= 15 is 0 Å². The number of hydrogen-bond acceptors (Lipinski definition) is 19. The van der Waals surface area contributed by atoms with Gasteiger partial charge < -0.3 is 58.1 Å². The van der Waals surface area contributed by atoms with Gasteiger partial charge in [0.05, 0.1) is 39.1 Å². The fraction of sp³-hybridized carbons (Fsp3) is 0.703. The van der Waals surface area contributed by atoms with Crippen molar-refractivity contribution in [2.45, 2.75) is 135 Å². The number of aromatic nitrogens is 5. The maximum Gasteiger partial charge on any atom is 0.407 e. The Balaban J connectivity index is 1.25. The molecule has 2 saturated heterocycles. The maximum absolute atomic E-state index is 12.7. The molecule has 4 rings (SSSR count). The van der Waals surface area contributed by atoms with Crippen molar-refractivity contribution in [3.63, 3.8) is 0 Å². The standard InChI is InChI=1S/C37H57N7O17Si/c1-20(45)39-28-31(58-23(4)48)30(57-22(3)47)26(19-55-21(2)46)60-34(28)54-15-14-53-13-12-43-17-24(41-42-43)16-38-36(52)56-18-25-29(50)32(61-62(8,9)37(5,6)7)33(59-25)44-11-10-27(49)40-35(44)51/h10-11,17,25-26,28-34,50H,12-16,18-19H2,1-9H3,(H,38,52)(H,39,45)(H,40,49,51)/t25-,26-,28-,29-,30+,31-,32-,33-,34-/m1/s1. The van der Waals surface area contributed by atoms with Crippen LogP contribution in [0.2, 0.25) is 18.1 Å². The van der Waals surface area contributed by atoms with Crippen LogP contribution in [-0.4, -0.2) is 150 Å². The smallest absolute Gasteiger partial charge is 0.407 e. The van der Waals surface area contributed by atoms with Crippen LogP contribution in [0.1, 0.15) is 60.4 Å². The molecular formula is C37H57N7O17Si. The molecule has 0 unspecified atom stereocenters. The van der Waals surface area contributed by atoms with Gasteiger partial charge in [-0.3, -0.25) is 33.5 Å². The van der Waals surface area contributed by atoms with E-state index in [0.717, 1.165) is 24.5 Å². The van der Waals surface area contributed by atoms with Gasteiger partial charge in [-0.15, -0.1) is 5.10 Å². The second-order valence-corrected chi connectivity index (χ2v) is 20.8. The van der Waals surface area contributed by atoms with Crippen molar-refractivity contribution >= 4 is 38.2 Å². The van der Waals surface area contributed by atoms with E-state index in [4.69, 9.17) is 42.3 Å². The number of ether oxygens (including phenoxy) is 8. The normalized spacial score (nSPS) is 25.1. The Labute approximate surface area is 357 Å². The third-order valence-electron chi connectivity index (χ3n) is 10.1. The predicted molar refractivity (Wildman–Crippen MR) is 212 cm³/mol. The fourth-order valence-electron chi connectivity index (χ4n) is 6.17. The molecule has 0 bridgehead atoms. The van der Waals surface area contributed by atoms with Crippen molar-refractivity contribution in [1.29, 1.82) is 0 Å². The van der Waals surface area contributed by atoms with Gasteiger partial charge in [-0.2, -0.15) is 0 Å². The van der Waals surface area contributed by atoms with Gasteiger partial charge in [-0.1, -0.05) is 26.0 Å². The fourth-order valence-corrected chi connectivity index (χ4v) is 7.46. The number of rotatable bonds is 19. The number of aliphatic hydroxyl groups excluding tert-OH is 1. The summed E-state index contributed by atoms with van der Waals surface area (Å²) in [5, 5.41) is 24.2. The number of nitrogens with zero attached hydrogens (tertiary/aromatic N) is 4. The first-order chi connectivity index (χ1) is 29.1. The SMILES string of the molecule is CC(=O)N[C@H]1[C@H](OCCOCCn2cc(CNC(=O)OC[C@H]3O[C@@H](n4ccc(=O)[nH]c4=O)[C@H](O[Si](C)(C)C(C)(C)C)[C@@H]3O)nn2)O[C@H](COC(C)=O)[C@H](OC(C)=O)[C@@H]1OC(C)=O. The number of nitrogens with one attached hydrogen (secondary N) is 3. The summed E-state index contributed by atoms with van der Waals surface area (Å²) in [6, 6.07) is 0.0306. The van der Waals surface area contributed by atoms with Gasteiger partial charge in [0.2, 0.25) is 5.91 Å². The molecule has 25 heteroatoms. The third kappa shape index (κ3) is 14.0. The van der Waals surface area contributed by atoms with Crippen LogP contribution in [0, 0.1) is 0 Å². The molecule has 9 atom stereocenters. The third-order valence-corrected chi connectivity index (χ3v) is 14.6. The molecule has 0 spiro atoms. The van der Waals surface area contributed by atoms with Gasteiger partial charge in [0.1, 0.15) is 49.4 Å². The molecule has 2 aliphatic rings. The lowest BCUT2D eigenvalue weighted by Gasteiger charge is -2.44. The summed E-state index contributed by atoms with van der Waals surface area (Å²) in [7, 11) is -2.51. The Hall–Kier alpha value is -5.05. The topological polar surface area (TPSA) is 298 Å². The van der Waals surface area contributed by atoms with Gasteiger partial charge in [0.15, 0.2) is 33.0 Å². The first-order valence-electron chi connectivity index (χ1n) is 19.8. The number of amides is 2. The van der Waals surface area contributed by atoms with Crippen LogP contribution in [-0.2, 0) is 74.6 Å². The van der Waals surface area contributed by atoms with E-state index in [9.17, 15) is 38.7 Å². The zero-order valence-corrected chi connectivity index (χ0v) is 37.1. The lowest BCUT2D eigenvalue weighted by Crippen LogP contribution is -2.66. The van der Waals surface area contributed by atoms with Crippen LogP contribution in [0.3, 0.4) is 0 Å². The van der Waals surface area contributed by atoms with Gasteiger partial charge in [0, 0.05) is 40.0 Å². The molecule has 2 aromatic heterocycles. The number of esters is 3. The molecule has 0 aliphatic carbocycles. The van der Waals surface area contributed by atoms with Crippen LogP contribution in [0.4, 0.5) is 4.79 Å². The summed E-state index contributed by atoms with van der Waals surface area (Å²) >= 11 is 0. The molecule has 2 amide bonds. The highest BCUT2D eigenvalue weighted by Gasteiger charge is 2.52. The average Bonchev–Trinajstić information content (AvgIpc) is 3.74. The molecule has 24 nitrogen and oxygen atoms in total. The molecule has 4 N–H and O–H groups in total. The Morgan fingerprint density at radius 1 is 0.903 bits per heavy atom. The Morgan fingerprint density at radius 3 is 2.21 bits per heavy atom. The second kappa shape index (κ2) is 21.8. The lowest BCUT2D eigenvalue weighted by atomic mass is 9.96. The molecule has 4 heterocycles. The molecule has 2 fully saturated rings. The highest BCUT2D eigenvalue weighted by molar-refractivity contribution is 6.74. The van der Waals surface area contributed by atoms with E-state index in [1.807, 2.05) is 33.9 Å². The highest BCUT2D eigenvalue weighted by Crippen LogP contribution is 2.41. The Morgan fingerprint density at radius 2 is 1.58 bits per heavy atom. The van der Waals surface area contributed by atoms with Crippen molar-refractivity contribution in [3.8, 4) is 0 Å². The summed E-state index contributed by atoms with van der Waals surface area (Å²) in [5.74, 6) is -2.62. The van der Waals surface area contributed by atoms with E-state index in [2.05, 4.69) is 25.9 Å². The molecule has 2 aliphatic heterocycles. The molecule has 346 valence electrons. The van der Waals surface area contributed by atoms with E-state index in [0.29, 0.717) is 5.69 Å². The molecule has 62 heavy (non-hydrogen) atoms.